The van der Waals surface area contributed by atoms with Crippen LogP contribution in [-0.2, 0) is 10.0 Å². The lowest BCUT2D eigenvalue weighted by molar-refractivity contribution is 0.397. The van der Waals surface area contributed by atoms with Gasteiger partial charge >= 0.3 is 0 Å². The summed E-state index contributed by atoms with van der Waals surface area (Å²) in [5.41, 5.74) is 0. The molecule has 0 aliphatic heterocycles. The molecule has 0 saturated heterocycles. The van der Waals surface area contributed by atoms with Gasteiger partial charge < -0.3 is 5.32 Å². The van der Waals surface area contributed by atoms with E-state index in [1.54, 1.807) is 14.0 Å². The fourth-order valence-electron chi connectivity index (χ4n) is 2.39. The van der Waals surface area contributed by atoms with Crippen molar-refractivity contribution in [1.82, 2.24) is 10.0 Å². The first-order chi connectivity index (χ1) is 7.97. The van der Waals surface area contributed by atoms with Crippen molar-refractivity contribution in [3.8, 4) is 0 Å². The van der Waals surface area contributed by atoms with Crippen LogP contribution in [0.25, 0.3) is 0 Å². The zero-order valence-corrected chi connectivity index (χ0v) is 12.0. The average molecular weight is 262 g/mol. The monoisotopic (exact) mass is 262 g/mol. The number of rotatable bonds is 5. The van der Waals surface area contributed by atoms with Gasteiger partial charge in [0, 0.05) is 12.6 Å². The van der Waals surface area contributed by atoms with Crippen LogP contribution >= 0.6 is 0 Å². The van der Waals surface area contributed by atoms with E-state index < -0.39 is 10.0 Å². The van der Waals surface area contributed by atoms with Crippen LogP contribution in [0, 0.1) is 5.92 Å². The fraction of sp³-hybridized carbons (Fsp3) is 1.00. The molecule has 3 unspecified atom stereocenters. The molecule has 0 aromatic carbocycles. The molecule has 0 spiro atoms. The summed E-state index contributed by atoms with van der Waals surface area (Å²) in [7, 11) is -1.41. The molecule has 3 atom stereocenters. The van der Waals surface area contributed by atoms with E-state index >= 15 is 0 Å². The fourth-order valence-corrected chi connectivity index (χ4v) is 3.78. The molecule has 4 nitrogen and oxygen atoms in total. The van der Waals surface area contributed by atoms with Gasteiger partial charge in [0.1, 0.15) is 0 Å². The topological polar surface area (TPSA) is 58.2 Å². The standard InChI is InChI=1S/C12H26N2O2S/c1-10-7-5-4-6-8-12(10)14-17(15,16)11(2)9-13-3/h10-14H,4-9H2,1-3H3. The molecule has 0 amide bonds. The van der Waals surface area contributed by atoms with Gasteiger partial charge in [-0.25, -0.2) is 13.1 Å². The van der Waals surface area contributed by atoms with E-state index in [1.165, 1.54) is 12.8 Å². The molecule has 0 bridgehead atoms. The molecular formula is C12H26N2O2S. The van der Waals surface area contributed by atoms with E-state index in [0.717, 1.165) is 19.3 Å². The lowest BCUT2D eigenvalue weighted by atomic mass is 9.98. The Morgan fingerprint density at radius 1 is 1.24 bits per heavy atom. The summed E-state index contributed by atoms with van der Waals surface area (Å²) in [5.74, 6) is 0.453. The molecule has 17 heavy (non-hydrogen) atoms. The number of sulfonamides is 1. The van der Waals surface area contributed by atoms with Crippen LogP contribution in [0.5, 0.6) is 0 Å². The first kappa shape index (κ1) is 14.9. The predicted octanol–water partition coefficient (Wildman–Crippen LogP) is 1.48. The minimum atomic E-state index is -3.18. The molecule has 1 fully saturated rings. The van der Waals surface area contributed by atoms with Gasteiger partial charge in [-0.3, -0.25) is 0 Å². The van der Waals surface area contributed by atoms with Crippen LogP contribution in [-0.4, -0.2) is 33.3 Å². The third-order valence-corrected chi connectivity index (χ3v) is 5.56. The van der Waals surface area contributed by atoms with Crippen molar-refractivity contribution in [3.05, 3.63) is 0 Å². The highest BCUT2D eigenvalue weighted by atomic mass is 32.2. The lowest BCUT2D eigenvalue weighted by Gasteiger charge is -2.24. The summed E-state index contributed by atoms with van der Waals surface area (Å²) in [6.07, 6.45) is 5.71. The third kappa shape index (κ3) is 4.56. The highest BCUT2D eigenvalue weighted by molar-refractivity contribution is 7.90. The van der Waals surface area contributed by atoms with Crippen molar-refractivity contribution in [2.24, 2.45) is 5.92 Å². The second-order valence-electron chi connectivity index (χ2n) is 5.25. The van der Waals surface area contributed by atoms with Gasteiger partial charge in [-0.2, -0.15) is 0 Å². The van der Waals surface area contributed by atoms with Crippen molar-refractivity contribution in [3.63, 3.8) is 0 Å². The van der Waals surface area contributed by atoms with Gasteiger partial charge in [-0.05, 0) is 32.7 Å². The number of nitrogens with one attached hydrogen (secondary N) is 2. The van der Waals surface area contributed by atoms with Crippen molar-refractivity contribution < 1.29 is 8.42 Å². The van der Waals surface area contributed by atoms with Crippen LogP contribution < -0.4 is 10.0 Å². The summed E-state index contributed by atoms with van der Waals surface area (Å²) in [4.78, 5) is 0. The van der Waals surface area contributed by atoms with Crippen molar-refractivity contribution >= 4 is 10.0 Å². The van der Waals surface area contributed by atoms with Crippen LogP contribution in [0.3, 0.4) is 0 Å². The zero-order chi connectivity index (χ0) is 12.9. The molecule has 0 aromatic rings. The normalized spacial score (nSPS) is 28.6. The Morgan fingerprint density at radius 3 is 2.53 bits per heavy atom. The molecule has 2 N–H and O–H groups in total. The van der Waals surface area contributed by atoms with Crippen LogP contribution in [0.2, 0.25) is 0 Å². The highest BCUT2D eigenvalue weighted by Gasteiger charge is 2.27. The smallest absolute Gasteiger partial charge is 0.215 e. The van der Waals surface area contributed by atoms with Gasteiger partial charge in [0.05, 0.1) is 5.25 Å². The van der Waals surface area contributed by atoms with E-state index in [4.69, 9.17) is 0 Å². The van der Waals surface area contributed by atoms with E-state index in [9.17, 15) is 8.42 Å². The minimum Gasteiger partial charge on any atom is -0.318 e. The van der Waals surface area contributed by atoms with Crippen LogP contribution in [0.4, 0.5) is 0 Å². The Balaban J connectivity index is 2.61. The largest absolute Gasteiger partial charge is 0.318 e. The zero-order valence-electron chi connectivity index (χ0n) is 11.2. The van der Waals surface area contributed by atoms with Gasteiger partial charge in [0.2, 0.25) is 10.0 Å². The molecule has 1 aliphatic rings. The second-order valence-corrected chi connectivity index (χ2v) is 7.38. The number of hydrogen-bond acceptors (Lipinski definition) is 3. The second kappa shape index (κ2) is 6.71. The van der Waals surface area contributed by atoms with Gasteiger partial charge in [-0.1, -0.05) is 26.2 Å². The first-order valence-corrected chi connectivity index (χ1v) is 8.17. The molecule has 1 aliphatic carbocycles. The summed E-state index contributed by atoms with van der Waals surface area (Å²) in [6, 6.07) is 0.127. The van der Waals surface area contributed by atoms with E-state index in [2.05, 4.69) is 17.0 Å². The third-order valence-electron chi connectivity index (χ3n) is 3.70. The van der Waals surface area contributed by atoms with E-state index in [-0.39, 0.29) is 11.3 Å². The molecule has 0 radical (unpaired) electrons. The SMILES string of the molecule is CNCC(C)S(=O)(=O)NC1CCCCCC1C. The Labute approximate surface area is 106 Å². The van der Waals surface area contributed by atoms with Gasteiger partial charge in [0.25, 0.3) is 0 Å². The summed E-state index contributed by atoms with van der Waals surface area (Å²) in [6.45, 7) is 4.40. The van der Waals surface area contributed by atoms with Crippen LogP contribution in [0.15, 0.2) is 0 Å². The molecule has 0 heterocycles. The lowest BCUT2D eigenvalue weighted by Crippen LogP contribution is -2.45. The van der Waals surface area contributed by atoms with E-state index in [1.807, 2.05) is 0 Å². The van der Waals surface area contributed by atoms with Crippen LogP contribution in [0.1, 0.15) is 46.0 Å². The maximum atomic E-state index is 12.1. The quantitative estimate of drug-likeness (QED) is 0.738. The Hall–Kier alpha value is -0.130. The average Bonchev–Trinajstić information content (AvgIpc) is 2.44. The van der Waals surface area contributed by atoms with E-state index in [0.29, 0.717) is 12.5 Å². The molecular weight excluding hydrogens is 236 g/mol. The first-order valence-electron chi connectivity index (χ1n) is 6.63. The predicted molar refractivity (Wildman–Crippen MR) is 71.5 cm³/mol. The summed E-state index contributed by atoms with van der Waals surface area (Å²) >= 11 is 0. The molecule has 5 heteroatoms. The van der Waals surface area contributed by atoms with Gasteiger partial charge in [0.15, 0.2) is 0 Å². The maximum Gasteiger partial charge on any atom is 0.215 e. The summed E-state index contributed by atoms with van der Waals surface area (Å²) in [5, 5.41) is 2.54. The Morgan fingerprint density at radius 2 is 1.88 bits per heavy atom. The van der Waals surface area contributed by atoms with Gasteiger partial charge in [-0.15, -0.1) is 0 Å². The summed E-state index contributed by atoms with van der Waals surface area (Å²) < 4.78 is 27.1. The molecule has 102 valence electrons. The molecule has 0 aromatic heterocycles. The minimum absolute atomic E-state index is 0.127. The van der Waals surface area contributed by atoms with Crippen molar-refractivity contribution in [2.45, 2.75) is 57.2 Å². The molecule has 1 rings (SSSR count). The Bertz CT molecular complexity index is 316. The maximum absolute atomic E-state index is 12.1. The molecule has 1 saturated carbocycles. The van der Waals surface area contributed by atoms with Crippen molar-refractivity contribution in [2.75, 3.05) is 13.6 Å². The highest BCUT2D eigenvalue weighted by Crippen LogP contribution is 2.23. The Kier molecular flexibility index (Phi) is 5.89. The number of hydrogen-bond donors (Lipinski definition) is 2. The van der Waals surface area contributed by atoms with Crippen molar-refractivity contribution in [1.29, 1.82) is 0 Å².